The molecule has 0 fully saturated rings. The van der Waals surface area contributed by atoms with Crippen LogP contribution in [0.1, 0.15) is 32.9 Å². The fourth-order valence-corrected chi connectivity index (χ4v) is 3.60. The van der Waals surface area contributed by atoms with Crippen molar-refractivity contribution < 1.29 is 4.79 Å². The van der Waals surface area contributed by atoms with Gasteiger partial charge in [-0.2, -0.15) is 0 Å². The van der Waals surface area contributed by atoms with Crippen LogP contribution in [0.4, 0.5) is 5.82 Å². The van der Waals surface area contributed by atoms with E-state index in [1.807, 2.05) is 18.2 Å². The molecule has 6 heteroatoms. The van der Waals surface area contributed by atoms with Crippen LogP contribution >= 0.6 is 0 Å². The average Bonchev–Trinajstić information content (AvgIpc) is 2.81. The fraction of sp³-hybridized carbons (Fsp3) is 0.115. The minimum Gasteiger partial charge on any atom is -0.382 e. The fourth-order valence-electron chi connectivity index (χ4n) is 3.60. The number of primary amides is 1. The number of nitrogens with two attached hydrogens (primary N) is 2. The summed E-state index contributed by atoms with van der Waals surface area (Å²) in [5.74, 6) is -0.623. The molecule has 0 bridgehead atoms. The summed E-state index contributed by atoms with van der Waals surface area (Å²) < 4.78 is 0. The Hall–Kier alpha value is -4.03. The van der Waals surface area contributed by atoms with Crippen LogP contribution in [-0.4, -0.2) is 15.9 Å². The number of hydrogen-bond donors (Lipinski definition) is 3. The molecule has 32 heavy (non-hydrogen) atoms. The Bertz CT molecular complexity index is 1220. The number of anilines is 1. The highest BCUT2D eigenvalue weighted by Gasteiger charge is 2.10. The number of nitrogen functional groups attached to an aromatic ring is 1. The zero-order valence-electron chi connectivity index (χ0n) is 17.7. The lowest BCUT2D eigenvalue weighted by atomic mass is 10.0. The van der Waals surface area contributed by atoms with Gasteiger partial charge in [-0.15, -0.1) is 0 Å². The van der Waals surface area contributed by atoms with Gasteiger partial charge in [-0.3, -0.25) is 4.79 Å². The smallest absolute Gasteiger partial charge is 0.271 e. The molecule has 0 aliphatic carbocycles. The van der Waals surface area contributed by atoms with Crippen LogP contribution in [0, 0.1) is 0 Å². The molecule has 0 unspecified atom stereocenters. The predicted molar refractivity (Wildman–Crippen MR) is 127 cm³/mol. The van der Waals surface area contributed by atoms with Crippen LogP contribution in [0.3, 0.4) is 0 Å². The molecule has 6 nitrogen and oxygen atoms in total. The third-order valence-electron chi connectivity index (χ3n) is 5.15. The minimum absolute atomic E-state index is 0.0121. The van der Waals surface area contributed by atoms with Gasteiger partial charge in [0.15, 0.2) is 11.5 Å². The first-order valence-corrected chi connectivity index (χ1v) is 10.4. The Morgan fingerprint density at radius 3 is 2.22 bits per heavy atom. The molecule has 0 saturated carbocycles. The number of rotatable bonds is 8. The standard InChI is InChI=1S/C26H25N5O/c27-25-24(26(28)32)31-23(17-30-25)14-18-6-4-7-19(12-18)15-29-16-20-8-5-11-22(13-20)21-9-2-1-3-10-21/h1-13,17,29H,14-16H2,(H2,27,30)(H2,28,32). The van der Waals surface area contributed by atoms with Crippen molar-refractivity contribution in [2.75, 3.05) is 5.73 Å². The quantitative estimate of drug-likeness (QED) is 0.401. The van der Waals surface area contributed by atoms with Gasteiger partial charge in [-0.25, -0.2) is 9.97 Å². The molecule has 1 heterocycles. The van der Waals surface area contributed by atoms with Gasteiger partial charge in [0.25, 0.3) is 5.91 Å². The van der Waals surface area contributed by atoms with E-state index in [2.05, 4.69) is 75.9 Å². The third-order valence-corrected chi connectivity index (χ3v) is 5.15. The van der Waals surface area contributed by atoms with Gasteiger partial charge in [0.2, 0.25) is 0 Å². The topological polar surface area (TPSA) is 107 Å². The molecule has 0 spiro atoms. The predicted octanol–water partition coefficient (Wildman–Crippen LogP) is 3.71. The maximum Gasteiger partial charge on any atom is 0.271 e. The van der Waals surface area contributed by atoms with E-state index in [1.165, 1.54) is 22.3 Å². The van der Waals surface area contributed by atoms with Crippen LogP contribution in [-0.2, 0) is 19.5 Å². The molecule has 5 N–H and O–H groups in total. The molecular formula is C26H25N5O. The van der Waals surface area contributed by atoms with Gasteiger partial charge in [0, 0.05) is 19.5 Å². The van der Waals surface area contributed by atoms with Crippen LogP contribution in [0.25, 0.3) is 11.1 Å². The number of carbonyl (C=O) groups is 1. The second-order valence-corrected chi connectivity index (χ2v) is 7.63. The highest BCUT2D eigenvalue weighted by atomic mass is 16.1. The highest BCUT2D eigenvalue weighted by molar-refractivity contribution is 5.94. The minimum atomic E-state index is -0.675. The summed E-state index contributed by atoms with van der Waals surface area (Å²) in [6.45, 7) is 1.51. The average molecular weight is 424 g/mol. The number of nitrogens with zero attached hydrogens (tertiary/aromatic N) is 2. The Labute approximate surface area is 187 Å². The van der Waals surface area contributed by atoms with Crippen molar-refractivity contribution >= 4 is 11.7 Å². The van der Waals surface area contributed by atoms with Crippen LogP contribution in [0.5, 0.6) is 0 Å². The van der Waals surface area contributed by atoms with E-state index in [9.17, 15) is 4.79 Å². The largest absolute Gasteiger partial charge is 0.382 e. The van der Waals surface area contributed by atoms with Crippen molar-refractivity contribution in [3.8, 4) is 11.1 Å². The van der Waals surface area contributed by atoms with Crippen molar-refractivity contribution in [1.82, 2.24) is 15.3 Å². The number of benzene rings is 3. The molecule has 0 atom stereocenters. The van der Waals surface area contributed by atoms with E-state index >= 15 is 0 Å². The Balaban J connectivity index is 1.38. The van der Waals surface area contributed by atoms with Gasteiger partial charge >= 0.3 is 0 Å². The van der Waals surface area contributed by atoms with E-state index < -0.39 is 5.91 Å². The Morgan fingerprint density at radius 1 is 0.812 bits per heavy atom. The number of hydrogen-bond acceptors (Lipinski definition) is 5. The van der Waals surface area contributed by atoms with Gasteiger partial charge in [-0.05, 0) is 33.9 Å². The third kappa shape index (κ3) is 5.36. The second-order valence-electron chi connectivity index (χ2n) is 7.63. The molecular weight excluding hydrogens is 398 g/mol. The molecule has 0 aliphatic heterocycles. The van der Waals surface area contributed by atoms with E-state index in [1.54, 1.807) is 6.20 Å². The second kappa shape index (κ2) is 9.85. The summed E-state index contributed by atoms with van der Waals surface area (Å²) in [5, 5.41) is 3.51. The van der Waals surface area contributed by atoms with Gasteiger partial charge in [0.05, 0.1) is 11.9 Å². The first-order chi connectivity index (χ1) is 15.6. The summed E-state index contributed by atoms with van der Waals surface area (Å²) in [6, 6.07) is 27.2. The van der Waals surface area contributed by atoms with Crippen LogP contribution in [0.15, 0.2) is 85.1 Å². The first-order valence-electron chi connectivity index (χ1n) is 10.4. The first kappa shape index (κ1) is 21.2. The lowest BCUT2D eigenvalue weighted by Gasteiger charge is -2.09. The molecule has 0 radical (unpaired) electrons. The zero-order chi connectivity index (χ0) is 22.3. The summed E-state index contributed by atoms with van der Waals surface area (Å²) in [7, 11) is 0. The molecule has 4 rings (SSSR count). The van der Waals surface area contributed by atoms with Gasteiger partial charge in [-0.1, -0.05) is 72.8 Å². The molecule has 4 aromatic rings. The summed E-state index contributed by atoms with van der Waals surface area (Å²) in [5.41, 5.74) is 17.6. The van der Waals surface area contributed by atoms with Gasteiger partial charge < -0.3 is 16.8 Å². The normalized spacial score (nSPS) is 10.8. The van der Waals surface area contributed by atoms with Crippen molar-refractivity contribution in [2.45, 2.75) is 19.5 Å². The summed E-state index contributed by atoms with van der Waals surface area (Å²) in [4.78, 5) is 19.7. The van der Waals surface area contributed by atoms with Crippen molar-refractivity contribution in [3.63, 3.8) is 0 Å². The van der Waals surface area contributed by atoms with Crippen molar-refractivity contribution in [2.24, 2.45) is 5.73 Å². The Kier molecular flexibility index (Phi) is 6.53. The van der Waals surface area contributed by atoms with Gasteiger partial charge in [0.1, 0.15) is 0 Å². The van der Waals surface area contributed by atoms with E-state index in [0.29, 0.717) is 12.1 Å². The van der Waals surface area contributed by atoms with E-state index in [4.69, 9.17) is 11.5 Å². The number of aromatic nitrogens is 2. The highest BCUT2D eigenvalue weighted by Crippen LogP contribution is 2.20. The maximum absolute atomic E-state index is 11.4. The summed E-state index contributed by atoms with van der Waals surface area (Å²) in [6.07, 6.45) is 2.12. The molecule has 0 aliphatic rings. The monoisotopic (exact) mass is 423 g/mol. The molecule has 160 valence electrons. The van der Waals surface area contributed by atoms with Crippen molar-refractivity contribution in [3.05, 3.63) is 113 Å². The molecule has 1 amide bonds. The Morgan fingerprint density at radius 2 is 1.47 bits per heavy atom. The summed E-state index contributed by atoms with van der Waals surface area (Å²) >= 11 is 0. The maximum atomic E-state index is 11.4. The number of nitrogens with one attached hydrogen (secondary N) is 1. The lowest BCUT2D eigenvalue weighted by Crippen LogP contribution is -2.17. The molecule has 1 aromatic heterocycles. The molecule has 3 aromatic carbocycles. The van der Waals surface area contributed by atoms with E-state index in [-0.39, 0.29) is 11.5 Å². The lowest BCUT2D eigenvalue weighted by molar-refractivity contribution is 0.0996. The SMILES string of the molecule is NC(=O)c1nc(Cc2cccc(CNCc3cccc(-c4ccccc4)c3)c2)cnc1N. The van der Waals surface area contributed by atoms with E-state index in [0.717, 1.165) is 18.7 Å². The zero-order valence-corrected chi connectivity index (χ0v) is 17.7. The molecule has 0 saturated heterocycles. The van der Waals surface area contributed by atoms with Crippen LogP contribution < -0.4 is 16.8 Å². The van der Waals surface area contributed by atoms with Crippen molar-refractivity contribution in [1.29, 1.82) is 0 Å². The number of carbonyl (C=O) groups excluding carboxylic acids is 1. The van der Waals surface area contributed by atoms with Crippen LogP contribution in [0.2, 0.25) is 0 Å². The number of amides is 1.